The number of halogens is 1. The normalized spacial score (nSPS) is 9.77. The highest BCUT2D eigenvalue weighted by Crippen LogP contribution is 2.19. The Morgan fingerprint density at radius 3 is 3.00 bits per heavy atom. The van der Waals surface area contributed by atoms with Gasteiger partial charge >= 0.3 is 6.01 Å². The van der Waals surface area contributed by atoms with Crippen LogP contribution in [0.4, 0.5) is 5.82 Å². The molecule has 0 spiro atoms. The SMILES string of the molecule is CCCNc1nc(OC)ncc1Cl. The zero-order chi connectivity index (χ0) is 9.68. The topological polar surface area (TPSA) is 47.0 Å². The molecular formula is C8H12ClN3O. The highest BCUT2D eigenvalue weighted by molar-refractivity contribution is 6.32. The Morgan fingerprint density at radius 2 is 2.38 bits per heavy atom. The molecule has 0 aliphatic rings. The van der Waals surface area contributed by atoms with Crippen LogP contribution in [0.1, 0.15) is 13.3 Å². The van der Waals surface area contributed by atoms with Gasteiger partial charge in [0, 0.05) is 6.54 Å². The summed E-state index contributed by atoms with van der Waals surface area (Å²) in [6.45, 7) is 2.90. The van der Waals surface area contributed by atoms with Gasteiger partial charge in [-0.2, -0.15) is 4.98 Å². The Kier molecular flexibility index (Phi) is 3.76. The maximum absolute atomic E-state index is 5.85. The average molecular weight is 202 g/mol. The van der Waals surface area contributed by atoms with Crippen LogP contribution in [0.25, 0.3) is 0 Å². The molecule has 72 valence electrons. The predicted molar refractivity (Wildman–Crippen MR) is 52.4 cm³/mol. The van der Waals surface area contributed by atoms with Gasteiger partial charge in [-0.3, -0.25) is 0 Å². The van der Waals surface area contributed by atoms with Crippen molar-refractivity contribution in [2.75, 3.05) is 19.0 Å². The Bertz CT molecular complexity index is 280. The molecule has 5 heteroatoms. The van der Waals surface area contributed by atoms with Gasteiger partial charge in [0.05, 0.1) is 13.3 Å². The van der Waals surface area contributed by atoms with Crippen molar-refractivity contribution in [3.63, 3.8) is 0 Å². The fraction of sp³-hybridized carbons (Fsp3) is 0.500. The first kappa shape index (κ1) is 10.1. The van der Waals surface area contributed by atoms with E-state index in [2.05, 4.69) is 22.2 Å². The van der Waals surface area contributed by atoms with E-state index in [-0.39, 0.29) is 0 Å². The van der Waals surface area contributed by atoms with Gasteiger partial charge in [-0.1, -0.05) is 18.5 Å². The van der Waals surface area contributed by atoms with Gasteiger partial charge in [-0.05, 0) is 6.42 Å². The smallest absolute Gasteiger partial charge is 0.318 e. The molecule has 1 aromatic heterocycles. The van der Waals surface area contributed by atoms with Crippen LogP contribution in [0.15, 0.2) is 6.20 Å². The Balaban J connectivity index is 2.78. The summed E-state index contributed by atoms with van der Waals surface area (Å²) < 4.78 is 4.87. The number of hydrogen-bond donors (Lipinski definition) is 1. The van der Waals surface area contributed by atoms with Crippen LogP contribution in [0.2, 0.25) is 5.02 Å². The van der Waals surface area contributed by atoms with Crippen molar-refractivity contribution in [3.8, 4) is 6.01 Å². The van der Waals surface area contributed by atoms with Crippen LogP contribution in [-0.4, -0.2) is 23.6 Å². The number of methoxy groups -OCH3 is 1. The minimum Gasteiger partial charge on any atom is -0.467 e. The molecule has 0 amide bonds. The Morgan fingerprint density at radius 1 is 1.62 bits per heavy atom. The lowest BCUT2D eigenvalue weighted by Gasteiger charge is -2.06. The van der Waals surface area contributed by atoms with Gasteiger partial charge < -0.3 is 10.1 Å². The molecule has 1 rings (SSSR count). The molecule has 0 aliphatic heterocycles. The van der Waals surface area contributed by atoms with Crippen LogP contribution in [0, 0.1) is 0 Å². The first-order valence-corrected chi connectivity index (χ1v) is 4.46. The third-order valence-corrected chi connectivity index (χ3v) is 1.72. The highest BCUT2D eigenvalue weighted by atomic mass is 35.5. The molecule has 0 radical (unpaired) electrons. The maximum Gasteiger partial charge on any atom is 0.318 e. The second-order valence-corrected chi connectivity index (χ2v) is 2.89. The van der Waals surface area contributed by atoms with Gasteiger partial charge in [0.1, 0.15) is 5.02 Å². The van der Waals surface area contributed by atoms with Crippen LogP contribution in [-0.2, 0) is 0 Å². The molecule has 4 nitrogen and oxygen atoms in total. The molecule has 13 heavy (non-hydrogen) atoms. The summed E-state index contributed by atoms with van der Waals surface area (Å²) in [4.78, 5) is 7.91. The summed E-state index contributed by atoms with van der Waals surface area (Å²) in [5.41, 5.74) is 0. The number of aromatic nitrogens is 2. The third-order valence-electron chi connectivity index (χ3n) is 1.45. The monoisotopic (exact) mass is 201 g/mol. The number of anilines is 1. The second-order valence-electron chi connectivity index (χ2n) is 2.48. The van der Waals surface area contributed by atoms with Crippen molar-refractivity contribution < 1.29 is 4.74 Å². The van der Waals surface area contributed by atoms with Crippen LogP contribution in [0.3, 0.4) is 0 Å². The molecular weight excluding hydrogens is 190 g/mol. The average Bonchev–Trinajstić information content (AvgIpc) is 2.17. The molecule has 0 saturated heterocycles. The van der Waals surface area contributed by atoms with E-state index in [0.29, 0.717) is 16.9 Å². The lowest BCUT2D eigenvalue weighted by Crippen LogP contribution is -2.04. The minimum atomic E-state index is 0.322. The fourth-order valence-electron chi connectivity index (χ4n) is 0.817. The molecule has 1 N–H and O–H groups in total. The molecule has 0 bridgehead atoms. The van der Waals surface area contributed by atoms with Crippen molar-refractivity contribution in [2.24, 2.45) is 0 Å². The molecule has 0 unspecified atom stereocenters. The lowest BCUT2D eigenvalue weighted by molar-refractivity contribution is 0.380. The number of ether oxygens (including phenoxy) is 1. The van der Waals surface area contributed by atoms with Gasteiger partial charge in [0.25, 0.3) is 0 Å². The van der Waals surface area contributed by atoms with E-state index in [1.165, 1.54) is 13.3 Å². The predicted octanol–water partition coefficient (Wildman–Crippen LogP) is 1.96. The summed E-state index contributed by atoms with van der Waals surface area (Å²) in [6, 6.07) is 0.322. The number of rotatable bonds is 4. The van der Waals surface area contributed by atoms with E-state index >= 15 is 0 Å². The number of nitrogens with zero attached hydrogens (tertiary/aromatic N) is 2. The summed E-state index contributed by atoms with van der Waals surface area (Å²) >= 11 is 5.85. The largest absolute Gasteiger partial charge is 0.467 e. The fourth-order valence-corrected chi connectivity index (χ4v) is 0.975. The summed E-state index contributed by atoms with van der Waals surface area (Å²) in [5.74, 6) is 0.621. The molecule has 0 saturated carbocycles. The van der Waals surface area contributed by atoms with Crippen LogP contribution in [0.5, 0.6) is 6.01 Å². The van der Waals surface area contributed by atoms with E-state index in [9.17, 15) is 0 Å². The van der Waals surface area contributed by atoms with Gasteiger partial charge in [0.2, 0.25) is 0 Å². The highest BCUT2D eigenvalue weighted by Gasteiger charge is 2.03. The van der Waals surface area contributed by atoms with E-state index in [1.54, 1.807) is 0 Å². The van der Waals surface area contributed by atoms with Crippen molar-refractivity contribution in [2.45, 2.75) is 13.3 Å². The summed E-state index contributed by atoms with van der Waals surface area (Å²) in [7, 11) is 1.52. The van der Waals surface area contributed by atoms with Crippen molar-refractivity contribution in [1.82, 2.24) is 9.97 Å². The van der Waals surface area contributed by atoms with Gasteiger partial charge in [-0.15, -0.1) is 0 Å². The number of hydrogen-bond acceptors (Lipinski definition) is 4. The molecule has 1 heterocycles. The molecule has 1 aromatic rings. The molecule has 0 fully saturated rings. The van der Waals surface area contributed by atoms with E-state index < -0.39 is 0 Å². The first-order valence-electron chi connectivity index (χ1n) is 4.08. The minimum absolute atomic E-state index is 0.322. The van der Waals surface area contributed by atoms with Crippen LogP contribution >= 0.6 is 11.6 Å². The quantitative estimate of drug-likeness (QED) is 0.809. The van der Waals surface area contributed by atoms with E-state index in [0.717, 1.165) is 13.0 Å². The van der Waals surface area contributed by atoms with Crippen LogP contribution < -0.4 is 10.1 Å². The third kappa shape index (κ3) is 2.73. The van der Waals surface area contributed by atoms with Crippen molar-refractivity contribution in [1.29, 1.82) is 0 Å². The zero-order valence-corrected chi connectivity index (χ0v) is 8.43. The maximum atomic E-state index is 5.85. The Hall–Kier alpha value is -1.03. The second kappa shape index (κ2) is 4.87. The first-order chi connectivity index (χ1) is 6.27. The molecule has 0 aromatic carbocycles. The van der Waals surface area contributed by atoms with Crippen molar-refractivity contribution >= 4 is 17.4 Å². The van der Waals surface area contributed by atoms with Crippen molar-refractivity contribution in [3.05, 3.63) is 11.2 Å². The zero-order valence-electron chi connectivity index (χ0n) is 7.67. The van der Waals surface area contributed by atoms with E-state index in [1.807, 2.05) is 0 Å². The lowest BCUT2D eigenvalue weighted by atomic mass is 10.4. The molecule has 0 aliphatic carbocycles. The summed E-state index contributed by atoms with van der Waals surface area (Å²) in [6.07, 6.45) is 2.54. The van der Waals surface area contributed by atoms with Gasteiger partial charge in [0.15, 0.2) is 5.82 Å². The standard InChI is InChI=1S/C8H12ClN3O/c1-3-4-10-7-6(9)5-11-8(12-7)13-2/h5H,3-4H2,1-2H3,(H,10,11,12). The molecule has 0 atom stereocenters. The van der Waals surface area contributed by atoms with E-state index in [4.69, 9.17) is 16.3 Å². The number of nitrogens with one attached hydrogen (secondary N) is 1. The summed E-state index contributed by atoms with van der Waals surface area (Å²) in [5, 5.41) is 3.58. The van der Waals surface area contributed by atoms with Gasteiger partial charge in [-0.25, -0.2) is 4.98 Å². The Labute approximate surface area is 82.3 Å².